The van der Waals surface area contributed by atoms with Gasteiger partial charge in [0.05, 0.1) is 6.42 Å². The van der Waals surface area contributed by atoms with Crippen molar-refractivity contribution in [3.63, 3.8) is 0 Å². The Kier molecular flexibility index (Phi) is 4.82. The fraction of sp³-hybridized carbons (Fsp3) is 0.250. The molecule has 9 heteroatoms. The number of halogens is 2. The highest BCUT2D eigenvalue weighted by Gasteiger charge is 2.45. The number of carboxylic acid groups (broad SMARTS) is 1. The van der Waals surface area contributed by atoms with Gasteiger partial charge in [-0.2, -0.15) is 8.78 Å². The van der Waals surface area contributed by atoms with Gasteiger partial charge in [-0.25, -0.2) is 13.6 Å². The number of sulfonamides is 1. The Morgan fingerprint density at radius 2 is 2.05 bits per heavy atom. The Labute approximate surface area is 120 Å². The van der Waals surface area contributed by atoms with Gasteiger partial charge in [-0.3, -0.25) is 4.79 Å². The Morgan fingerprint density at radius 3 is 2.48 bits per heavy atom. The summed E-state index contributed by atoms with van der Waals surface area (Å²) < 4.78 is 49.5. The molecule has 6 nitrogen and oxygen atoms in total. The largest absolute Gasteiger partial charge is 0.481 e. The lowest BCUT2D eigenvalue weighted by Gasteiger charge is -2.18. The van der Waals surface area contributed by atoms with Gasteiger partial charge >= 0.3 is 11.2 Å². The molecule has 0 saturated heterocycles. The zero-order valence-electron chi connectivity index (χ0n) is 10.8. The summed E-state index contributed by atoms with van der Waals surface area (Å²) in [6, 6.07) is 2.22. The minimum absolute atomic E-state index is 0.188. The first-order valence-corrected chi connectivity index (χ1v) is 7.19. The first-order chi connectivity index (χ1) is 9.50. The minimum atomic E-state index is -5.15. The minimum Gasteiger partial charge on any atom is -0.481 e. The summed E-state index contributed by atoms with van der Waals surface area (Å²) in [5, 5.41) is 8.88. The smallest absolute Gasteiger partial charge is 0.384 e. The standard InChI is InChI=1S/C12H14F2N2O4S/c1-2-7-5-8(10(15)6-11(17)18)3-4-9(7)12(13,14)21(16,19)20/h2-5,10H,1,6,15H2,(H,17,18)(H2,16,19,20). The molecule has 1 atom stereocenters. The summed E-state index contributed by atoms with van der Waals surface area (Å²) in [6.07, 6.45) is 0.618. The molecule has 0 bridgehead atoms. The number of aliphatic carboxylic acids is 1. The van der Waals surface area contributed by atoms with E-state index in [9.17, 15) is 22.0 Å². The Hall–Kier alpha value is -1.84. The molecule has 0 saturated carbocycles. The van der Waals surface area contributed by atoms with Gasteiger partial charge in [-0.05, 0) is 17.2 Å². The van der Waals surface area contributed by atoms with Crippen LogP contribution in [0.1, 0.15) is 29.2 Å². The van der Waals surface area contributed by atoms with E-state index >= 15 is 0 Å². The van der Waals surface area contributed by atoms with E-state index < -0.39 is 39.3 Å². The van der Waals surface area contributed by atoms with E-state index in [1.54, 1.807) is 0 Å². The normalized spacial score (nSPS) is 13.7. The van der Waals surface area contributed by atoms with Crippen LogP contribution in [0.5, 0.6) is 0 Å². The Morgan fingerprint density at radius 1 is 1.48 bits per heavy atom. The van der Waals surface area contributed by atoms with Crippen molar-refractivity contribution in [3.8, 4) is 0 Å². The third kappa shape index (κ3) is 3.63. The zero-order chi connectivity index (χ0) is 16.4. The molecule has 5 N–H and O–H groups in total. The van der Waals surface area contributed by atoms with E-state index in [-0.39, 0.29) is 11.1 Å². The average molecular weight is 320 g/mol. The fourth-order valence-corrected chi connectivity index (χ4v) is 2.20. The molecule has 0 heterocycles. The highest BCUT2D eigenvalue weighted by molar-refractivity contribution is 7.89. The molecular weight excluding hydrogens is 306 g/mol. The quantitative estimate of drug-likeness (QED) is 0.725. The Balaban J connectivity index is 3.35. The van der Waals surface area contributed by atoms with Gasteiger partial charge in [0.1, 0.15) is 0 Å². The van der Waals surface area contributed by atoms with Crippen molar-refractivity contribution in [2.45, 2.75) is 17.7 Å². The van der Waals surface area contributed by atoms with E-state index in [0.29, 0.717) is 0 Å². The van der Waals surface area contributed by atoms with Gasteiger partial charge in [-0.15, -0.1) is 0 Å². The summed E-state index contributed by atoms with van der Waals surface area (Å²) in [4.78, 5) is 10.6. The summed E-state index contributed by atoms with van der Waals surface area (Å²) >= 11 is 0. The topological polar surface area (TPSA) is 123 Å². The number of hydrogen-bond acceptors (Lipinski definition) is 4. The van der Waals surface area contributed by atoms with Crippen LogP contribution >= 0.6 is 0 Å². The highest BCUT2D eigenvalue weighted by Crippen LogP contribution is 2.36. The van der Waals surface area contributed by atoms with Gasteiger partial charge in [0.15, 0.2) is 0 Å². The van der Waals surface area contributed by atoms with Crippen molar-refractivity contribution in [1.82, 2.24) is 0 Å². The number of carboxylic acids is 1. The number of benzene rings is 1. The van der Waals surface area contributed by atoms with Gasteiger partial charge in [0, 0.05) is 11.6 Å². The molecule has 1 aromatic carbocycles. The second kappa shape index (κ2) is 5.88. The van der Waals surface area contributed by atoms with Crippen LogP contribution in [0, 0.1) is 0 Å². The van der Waals surface area contributed by atoms with Gasteiger partial charge in [0.25, 0.3) is 10.0 Å². The van der Waals surface area contributed by atoms with Gasteiger partial charge in [-0.1, -0.05) is 24.8 Å². The molecule has 0 fully saturated rings. The second-order valence-electron chi connectivity index (χ2n) is 4.32. The first kappa shape index (κ1) is 17.2. The van der Waals surface area contributed by atoms with Crippen molar-refractivity contribution < 1.29 is 27.1 Å². The third-order valence-corrected chi connectivity index (χ3v) is 3.72. The number of hydrogen-bond donors (Lipinski definition) is 3. The lowest BCUT2D eigenvalue weighted by atomic mass is 9.98. The van der Waals surface area contributed by atoms with Crippen LogP contribution in [0.2, 0.25) is 0 Å². The van der Waals surface area contributed by atoms with E-state index in [0.717, 1.165) is 24.3 Å². The SMILES string of the molecule is C=Cc1cc(C(N)CC(=O)O)ccc1C(F)(F)S(N)(=O)=O. The van der Waals surface area contributed by atoms with Crippen molar-refractivity contribution in [3.05, 3.63) is 41.5 Å². The van der Waals surface area contributed by atoms with E-state index in [2.05, 4.69) is 11.7 Å². The summed E-state index contributed by atoms with van der Waals surface area (Å²) in [5.74, 6) is -1.15. The zero-order valence-corrected chi connectivity index (χ0v) is 11.6. The first-order valence-electron chi connectivity index (χ1n) is 5.65. The van der Waals surface area contributed by atoms with Crippen LogP contribution in [0.4, 0.5) is 8.78 Å². The van der Waals surface area contributed by atoms with Crippen molar-refractivity contribution in [2.24, 2.45) is 10.9 Å². The second-order valence-corrected chi connectivity index (χ2v) is 5.92. The molecule has 0 aromatic heterocycles. The predicted octanol–water partition coefficient (Wildman–Crippen LogP) is 1.14. The molecule has 0 radical (unpaired) electrons. The van der Waals surface area contributed by atoms with E-state index in [4.69, 9.17) is 10.8 Å². The third-order valence-electron chi connectivity index (χ3n) is 2.79. The molecule has 0 aliphatic heterocycles. The van der Waals surface area contributed by atoms with Crippen LogP contribution in [-0.2, 0) is 20.1 Å². The summed E-state index contributed by atoms with van der Waals surface area (Å²) in [7, 11) is -5.15. The molecule has 1 unspecified atom stereocenters. The molecule has 0 aliphatic carbocycles. The fourth-order valence-electron chi connectivity index (χ4n) is 1.71. The number of primary sulfonamides is 1. The average Bonchev–Trinajstić information content (AvgIpc) is 2.35. The van der Waals surface area contributed by atoms with E-state index in [1.165, 1.54) is 0 Å². The molecule has 0 spiro atoms. The molecule has 1 aromatic rings. The predicted molar refractivity (Wildman–Crippen MR) is 72.7 cm³/mol. The molecule has 0 amide bonds. The number of alkyl halides is 2. The molecule has 21 heavy (non-hydrogen) atoms. The van der Waals surface area contributed by atoms with Crippen LogP contribution < -0.4 is 10.9 Å². The van der Waals surface area contributed by atoms with Gasteiger partial charge < -0.3 is 10.8 Å². The van der Waals surface area contributed by atoms with Crippen LogP contribution in [0.15, 0.2) is 24.8 Å². The Bertz CT molecular complexity index is 674. The van der Waals surface area contributed by atoms with Gasteiger partial charge in [0.2, 0.25) is 0 Å². The van der Waals surface area contributed by atoms with Crippen molar-refractivity contribution >= 4 is 22.1 Å². The summed E-state index contributed by atoms with van der Waals surface area (Å²) in [6.45, 7) is 3.32. The summed E-state index contributed by atoms with van der Waals surface area (Å²) in [5.41, 5.74) is 4.85. The number of carbonyl (C=O) groups is 1. The lowest BCUT2D eigenvalue weighted by molar-refractivity contribution is -0.137. The van der Waals surface area contributed by atoms with Crippen molar-refractivity contribution in [2.75, 3.05) is 0 Å². The maximum Gasteiger partial charge on any atom is 0.384 e. The molecule has 116 valence electrons. The molecule has 1 rings (SSSR count). The molecule has 0 aliphatic rings. The monoisotopic (exact) mass is 320 g/mol. The van der Waals surface area contributed by atoms with Crippen LogP contribution in [-0.4, -0.2) is 19.5 Å². The lowest BCUT2D eigenvalue weighted by Crippen LogP contribution is -2.33. The van der Waals surface area contributed by atoms with E-state index in [1.807, 2.05) is 0 Å². The number of nitrogens with two attached hydrogens (primary N) is 2. The number of rotatable bonds is 6. The highest BCUT2D eigenvalue weighted by atomic mass is 32.2. The molecular formula is C12H14F2N2O4S. The maximum atomic E-state index is 13.8. The van der Waals surface area contributed by atoms with Crippen LogP contribution in [0.3, 0.4) is 0 Å². The maximum absolute atomic E-state index is 13.8. The van der Waals surface area contributed by atoms with Crippen LogP contribution in [0.25, 0.3) is 6.08 Å². The van der Waals surface area contributed by atoms with Crippen molar-refractivity contribution in [1.29, 1.82) is 0 Å².